The molecule has 2 aromatic rings. The number of aliphatic hydroxyl groups excluding tert-OH is 1. The number of anilines is 4. The predicted octanol–water partition coefficient (Wildman–Crippen LogP) is 2.01. The van der Waals surface area contributed by atoms with Gasteiger partial charge in [-0.05, 0) is 25.7 Å². The van der Waals surface area contributed by atoms with Gasteiger partial charge in [0.15, 0.2) is 5.82 Å². The van der Waals surface area contributed by atoms with E-state index in [4.69, 9.17) is 20.0 Å². The van der Waals surface area contributed by atoms with Gasteiger partial charge in [0.25, 0.3) is 0 Å². The number of hydrogen-bond acceptors (Lipinski definition) is 10. The molecule has 5 rings (SSSR count). The summed E-state index contributed by atoms with van der Waals surface area (Å²) in [5, 5.41) is 28.8. The first-order chi connectivity index (χ1) is 17.1. The van der Waals surface area contributed by atoms with Gasteiger partial charge in [-0.2, -0.15) is 20.3 Å². The molecule has 0 saturated carbocycles. The van der Waals surface area contributed by atoms with Crippen LogP contribution in [0.2, 0.25) is 0 Å². The third-order valence-corrected chi connectivity index (χ3v) is 7.54. The minimum Gasteiger partial charge on any atom is -0.390 e. The third kappa shape index (κ3) is 5.34. The van der Waals surface area contributed by atoms with Crippen LogP contribution in [0.5, 0.6) is 0 Å². The first-order valence-corrected chi connectivity index (χ1v) is 12.6. The van der Waals surface area contributed by atoms with E-state index in [0.717, 1.165) is 38.3 Å². The molecule has 3 fully saturated rings. The second-order valence-corrected chi connectivity index (χ2v) is 9.69. The summed E-state index contributed by atoms with van der Waals surface area (Å²) in [6, 6.07) is 7.43. The zero-order chi connectivity index (χ0) is 24.2. The van der Waals surface area contributed by atoms with Crippen LogP contribution in [0.1, 0.15) is 44.2 Å². The first-order valence-electron chi connectivity index (χ1n) is 12.6. The van der Waals surface area contributed by atoms with Gasteiger partial charge >= 0.3 is 0 Å². The Labute approximate surface area is 206 Å². The number of ether oxygens (including phenoxy) is 1. The summed E-state index contributed by atoms with van der Waals surface area (Å²) in [7, 11) is 2.10. The molecule has 0 radical (unpaired) electrons. The smallest absolute Gasteiger partial charge is 0.229 e. The SMILES string of the molecule is CN(c1nc(Nc2cc(CO)[nH]n2)cc(N2CCOCC2)n1)[C@@H]1C[C@H]2CCC[C@@H](C1)N2CCC#N. The van der Waals surface area contributed by atoms with Gasteiger partial charge in [0, 0.05) is 63.4 Å². The van der Waals surface area contributed by atoms with Crippen molar-refractivity contribution < 1.29 is 9.84 Å². The van der Waals surface area contributed by atoms with Crippen LogP contribution in [0, 0.1) is 11.3 Å². The lowest BCUT2D eigenvalue weighted by molar-refractivity contribution is 0.0326. The highest BCUT2D eigenvalue weighted by molar-refractivity contribution is 5.60. The number of aromatic nitrogens is 4. The first kappa shape index (κ1) is 23.8. The van der Waals surface area contributed by atoms with Gasteiger partial charge in [-0.15, -0.1) is 0 Å². The van der Waals surface area contributed by atoms with Gasteiger partial charge in [0.1, 0.15) is 11.6 Å². The Morgan fingerprint density at radius 1 is 1.20 bits per heavy atom. The molecule has 2 aromatic heterocycles. The molecule has 0 unspecified atom stereocenters. The maximum Gasteiger partial charge on any atom is 0.229 e. The molecule has 3 aliphatic rings. The molecule has 11 nitrogen and oxygen atoms in total. The van der Waals surface area contributed by atoms with Crippen molar-refractivity contribution in [2.45, 2.75) is 63.3 Å². The van der Waals surface area contributed by atoms with Gasteiger partial charge in [-0.25, -0.2) is 0 Å². The lowest BCUT2D eigenvalue weighted by atomic mass is 9.81. The van der Waals surface area contributed by atoms with Crippen LogP contribution in [0.15, 0.2) is 12.1 Å². The highest BCUT2D eigenvalue weighted by Gasteiger charge is 2.39. The number of nitrogens with one attached hydrogen (secondary N) is 2. The van der Waals surface area contributed by atoms with E-state index in [2.05, 4.69) is 43.3 Å². The lowest BCUT2D eigenvalue weighted by Crippen LogP contribution is -2.56. The molecule has 5 heterocycles. The fourth-order valence-electron chi connectivity index (χ4n) is 5.71. The maximum atomic E-state index is 9.36. The van der Waals surface area contributed by atoms with Gasteiger partial charge in [-0.1, -0.05) is 6.42 Å². The summed E-state index contributed by atoms with van der Waals surface area (Å²) in [6.45, 7) is 3.72. The van der Waals surface area contributed by atoms with E-state index in [1.807, 2.05) is 6.07 Å². The van der Waals surface area contributed by atoms with Crippen LogP contribution in [0.3, 0.4) is 0 Å². The molecule has 3 aliphatic heterocycles. The zero-order valence-electron chi connectivity index (χ0n) is 20.4. The van der Waals surface area contributed by atoms with E-state index in [0.29, 0.717) is 61.0 Å². The Balaban J connectivity index is 1.38. The van der Waals surface area contributed by atoms with Crippen LogP contribution in [0.25, 0.3) is 0 Å². The number of aliphatic hydroxyl groups is 1. The fourth-order valence-corrected chi connectivity index (χ4v) is 5.71. The molecule has 0 spiro atoms. The number of aromatic amines is 1. The van der Waals surface area contributed by atoms with Crippen molar-refractivity contribution >= 4 is 23.4 Å². The zero-order valence-corrected chi connectivity index (χ0v) is 20.4. The van der Waals surface area contributed by atoms with Gasteiger partial charge in [-0.3, -0.25) is 10.00 Å². The quantitative estimate of drug-likeness (QED) is 0.515. The Hall–Kier alpha value is -2.94. The molecule has 3 N–H and O–H groups in total. The summed E-state index contributed by atoms with van der Waals surface area (Å²) in [5.74, 6) is 2.85. The van der Waals surface area contributed by atoms with Crippen molar-refractivity contribution in [3.63, 3.8) is 0 Å². The van der Waals surface area contributed by atoms with Crippen molar-refractivity contribution in [1.82, 2.24) is 25.1 Å². The van der Waals surface area contributed by atoms with Crippen LogP contribution in [-0.2, 0) is 11.3 Å². The molecule has 2 bridgehead atoms. The van der Waals surface area contributed by atoms with Crippen molar-refractivity contribution in [1.29, 1.82) is 5.26 Å². The fraction of sp³-hybridized carbons (Fsp3) is 0.667. The molecular formula is C24H35N9O2. The Kier molecular flexibility index (Phi) is 7.32. The second kappa shape index (κ2) is 10.8. The molecule has 11 heteroatoms. The highest BCUT2D eigenvalue weighted by Crippen LogP contribution is 2.37. The monoisotopic (exact) mass is 481 g/mol. The second-order valence-electron chi connectivity index (χ2n) is 9.69. The third-order valence-electron chi connectivity index (χ3n) is 7.54. The van der Waals surface area contributed by atoms with Crippen LogP contribution in [0.4, 0.5) is 23.4 Å². The van der Waals surface area contributed by atoms with E-state index < -0.39 is 0 Å². The standard InChI is InChI=1S/C24H35N9O2/c1-31(20-13-18-4-2-5-19(14-20)33(18)7-3-6-25)24-27-21(26-22-12-17(16-34)29-30-22)15-23(28-24)32-8-10-35-11-9-32/h12,15,18-20,34H,2-5,7-11,13-14,16H2,1H3,(H2,26,27,28,29,30)/t18-,19+,20-. The molecule has 3 saturated heterocycles. The van der Waals surface area contributed by atoms with Crippen molar-refractivity contribution in [2.24, 2.45) is 0 Å². The minimum atomic E-state index is -0.0964. The number of hydrogen-bond donors (Lipinski definition) is 3. The molecule has 0 aliphatic carbocycles. The number of nitrogens with zero attached hydrogens (tertiary/aromatic N) is 7. The molecule has 35 heavy (non-hydrogen) atoms. The van der Waals surface area contributed by atoms with E-state index in [1.54, 1.807) is 6.07 Å². The van der Waals surface area contributed by atoms with Crippen molar-refractivity contribution in [3.05, 3.63) is 17.8 Å². The number of piperidine rings is 2. The van der Waals surface area contributed by atoms with Crippen molar-refractivity contribution in [3.8, 4) is 6.07 Å². The number of nitriles is 1. The van der Waals surface area contributed by atoms with Gasteiger partial charge < -0.3 is 25.0 Å². The number of morpholine rings is 1. The van der Waals surface area contributed by atoms with Crippen LogP contribution >= 0.6 is 0 Å². The summed E-state index contributed by atoms with van der Waals surface area (Å²) in [4.78, 5) is 16.9. The lowest BCUT2D eigenvalue weighted by Gasteiger charge is -2.50. The minimum absolute atomic E-state index is 0.0964. The number of H-pyrrole nitrogens is 1. The molecule has 188 valence electrons. The normalized spacial score (nSPS) is 24.7. The average molecular weight is 482 g/mol. The summed E-state index contributed by atoms with van der Waals surface area (Å²) >= 11 is 0. The van der Waals surface area contributed by atoms with Gasteiger partial charge in [0.2, 0.25) is 5.95 Å². The van der Waals surface area contributed by atoms with Crippen LogP contribution in [-0.4, -0.2) is 88.2 Å². The van der Waals surface area contributed by atoms with Crippen molar-refractivity contribution in [2.75, 3.05) is 55.0 Å². The van der Waals surface area contributed by atoms with E-state index >= 15 is 0 Å². The van der Waals surface area contributed by atoms with E-state index in [1.165, 1.54) is 19.3 Å². The Morgan fingerprint density at radius 3 is 2.66 bits per heavy atom. The topological polar surface area (TPSA) is 129 Å². The average Bonchev–Trinajstić information content (AvgIpc) is 3.34. The summed E-state index contributed by atoms with van der Waals surface area (Å²) in [5.41, 5.74) is 0.641. The Bertz CT molecular complexity index is 1020. The summed E-state index contributed by atoms with van der Waals surface area (Å²) < 4.78 is 5.54. The summed E-state index contributed by atoms with van der Waals surface area (Å²) in [6.07, 6.45) is 6.38. The predicted molar refractivity (Wildman–Crippen MR) is 133 cm³/mol. The molecule has 3 atom stereocenters. The van der Waals surface area contributed by atoms with Gasteiger partial charge in [0.05, 0.1) is 31.6 Å². The number of rotatable bonds is 8. The largest absolute Gasteiger partial charge is 0.390 e. The molecule has 0 amide bonds. The molecule has 0 aromatic carbocycles. The highest BCUT2D eigenvalue weighted by atomic mass is 16.5. The Morgan fingerprint density at radius 2 is 1.97 bits per heavy atom. The van der Waals surface area contributed by atoms with E-state index in [9.17, 15) is 5.11 Å². The van der Waals surface area contributed by atoms with E-state index in [-0.39, 0.29) is 6.61 Å². The number of fused-ring (bicyclic) bond motifs is 2. The van der Waals surface area contributed by atoms with Crippen LogP contribution < -0.4 is 15.1 Å². The maximum absolute atomic E-state index is 9.36. The molecular weight excluding hydrogens is 446 g/mol.